The van der Waals surface area contributed by atoms with Crippen LogP contribution in [0.15, 0.2) is 57.2 Å². The predicted molar refractivity (Wildman–Crippen MR) is 105 cm³/mol. The van der Waals surface area contributed by atoms with Crippen molar-refractivity contribution in [2.45, 2.75) is 52.8 Å². The number of sulfone groups is 1. The first-order valence-electron chi connectivity index (χ1n) is 9.23. The van der Waals surface area contributed by atoms with Crippen molar-refractivity contribution in [1.29, 1.82) is 0 Å². The van der Waals surface area contributed by atoms with Crippen LogP contribution in [0.5, 0.6) is 0 Å². The van der Waals surface area contributed by atoms with Crippen LogP contribution in [-0.4, -0.2) is 36.1 Å². The van der Waals surface area contributed by atoms with Crippen LogP contribution in [0.25, 0.3) is 0 Å². The van der Waals surface area contributed by atoms with E-state index in [0.29, 0.717) is 31.6 Å². The first-order chi connectivity index (χ1) is 13.1. The topological polar surface area (TPSA) is 89.5 Å². The van der Waals surface area contributed by atoms with Gasteiger partial charge in [0.15, 0.2) is 0 Å². The summed E-state index contributed by atoms with van der Waals surface area (Å²) in [6.07, 6.45) is 1.20. The molecule has 2 aromatic carbocycles. The van der Waals surface area contributed by atoms with Crippen LogP contribution in [0.4, 0.5) is 0 Å². The van der Waals surface area contributed by atoms with Crippen molar-refractivity contribution < 1.29 is 21.6 Å². The molecule has 0 aromatic heterocycles. The van der Waals surface area contributed by atoms with E-state index < -0.39 is 25.3 Å². The van der Waals surface area contributed by atoms with Crippen molar-refractivity contribution in [2.75, 3.05) is 13.2 Å². The Morgan fingerprint density at radius 2 is 1.64 bits per heavy atom. The summed E-state index contributed by atoms with van der Waals surface area (Å²) in [7, 11) is -7.63. The van der Waals surface area contributed by atoms with Gasteiger partial charge in [-0.2, -0.15) is 0 Å². The van der Waals surface area contributed by atoms with Gasteiger partial charge in [0.1, 0.15) is 0 Å². The molecule has 150 valence electrons. The summed E-state index contributed by atoms with van der Waals surface area (Å²) >= 11 is 0. The van der Waals surface area contributed by atoms with Crippen molar-refractivity contribution in [3.05, 3.63) is 53.6 Å². The summed E-state index contributed by atoms with van der Waals surface area (Å²) in [6.45, 7) is 4.93. The maximum Gasteiger partial charge on any atom is 0.240 e. The Kier molecular flexibility index (Phi) is 4.65. The Hall–Kier alpha value is -1.74. The maximum absolute atomic E-state index is 13.2. The van der Waals surface area contributed by atoms with Crippen LogP contribution in [0.3, 0.4) is 0 Å². The summed E-state index contributed by atoms with van der Waals surface area (Å²) in [6, 6.07) is 11.1. The Balaban J connectivity index is 1.81. The average Bonchev–Trinajstić information content (AvgIpc) is 2.67. The van der Waals surface area contributed by atoms with Crippen molar-refractivity contribution >= 4 is 19.9 Å². The van der Waals surface area contributed by atoms with Crippen LogP contribution in [0.1, 0.15) is 37.8 Å². The van der Waals surface area contributed by atoms with Gasteiger partial charge in [0.2, 0.25) is 19.9 Å². The molecule has 2 aliphatic rings. The van der Waals surface area contributed by atoms with E-state index in [9.17, 15) is 16.8 Å². The quantitative estimate of drug-likeness (QED) is 0.823. The number of sulfonamides is 1. The Morgan fingerprint density at radius 1 is 1.00 bits per heavy atom. The first kappa shape index (κ1) is 19.6. The van der Waals surface area contributed by atoms with Crippen LogP contribution >= 0.6 is 0 Å². The summed E-state index contributed by atoms with van der Waals surface area (Å²) < 4.78 is 60.1. The minimum absolute atomic E-state index is 0.0310. The van der Waals surface area contributed by atoms with Crippen molar-refractivity contribution in [2.24, 2.45) is 0 Å². The SMILES string of the molecule is CC1(C)c2ccccc2S(=O)(=O)c2cc(S(=O)(=O)NC3CCOCC3)ccc21. The van der Waals surface area contributed by atoms with Gasteiger partial charge in [0.05, 0.1) is 14.7 Å². The molecule has 2 aliphatic heterocycles. The molecule has 0 aliphatic carbocycles. The molecule has 1 fully saturated rings. The molecule has 28 heavy (non-hydrogen) atoms. The number of ether oxygens (including phenoxy) is 1. The van der Waals surface area contributed by atoms with Crippen molar-refractivity contribution in [3.8, 4) is 0 Å². The zero-order valence-electron chi connectivity index (χ0n) is 15.8. The highest BCUT2D eigenvalue weighted by Gasteiger charge is 2.41. The second-order valence-electron chi connectivity index (χ2n) is 7.79. The molecule has 6 nitrogen and oxygen atoms in total. The van der Waals surface area contributed by atoms with E-state index in [1.165, 1.54) is 12.1 Å². The second kappa shape index (κ2) is 6.66. The van der Waals surface area contributed by atoms with E-state index in [-0.39, 0.29) is 20.7 Å². The molecular formula is C20H23NO5S2. The molecule has 0 spiro atoms. The van der Waals surface area contributed by atoms with Crippen LogP contribution < -0.4 is 4.72 Å². The fourth-order valence-corrected chi connectivity index (χ4v) is 7.40. The molecule has 2 heterocycles. The van der Waals surface area contributed by atoms with Gasteiger partial charge < -0.3 is 4.74 Å². The molecule has 0 amide bonds. The van der Waals surface area contributed by atoms with Gasteiger partial charge in [-0.05, 0) is 42.2 Å². The molecule has 0 unspecified atom stereocenters. The van der Waals surface area contributed by atoms with E-state index in [4.69, 9.17) is 4.74 Å². The monoisotopic (exact) mass is 421 g/mol. The predicted octanol–water partition coefficient (Wildman–Crippen LogP) is 2.62. The molecule has 0 radical (unpaired) electrons. The van der Waals surface area contributed by atoms with Crippen LogP contribution in [0, 0.1) is 0 Å². The number of fused-ring (bicyclic) bond motifs is 2. The van der Waals surface area contributed by atoms with E-state index in [0.717, 1.165) is 5.56 Å². The molecule has 2 aromatic rings. The minimum Gasteiger partial charge on any atom is -0.381 e. The van der Waals surface area contributed by atoms with E-state index >= 15 is 0 Å². The minimum atomic E-state index is -3.83. The third-order valence-electron chi connectivity index (χ3n) is 5.62. The second-order valence-corrected chi connectivity index (χ2v) is 11.4. The molecule has 0 atom stereocenters. The Labute approximate surface area is 165 Å². The third-order valence-corrected chi connectivity index (χ3v) is 8.99. The number of hydrogen-bond acceptors (Lipinski definition) is 5. The summed E-state index contributed by atoms with van der Waals surface area (Å²) in [5.41, 5.74) is 0.780. The van der Waals surface area contributed by atoms with Gasteiger partial charge in [-0.1, -0.05) is 38.1 Å². The molecule has 0 saturated carbocycles. The number of nitrogens with one attached hydrogen (secondary N) is 1. The lowest BCUT2D eigenvalue weighted by atomic mass is 9.78. The molecule has 8 heteroatoms. The largest absolute Gasteiger partial charge is 0.381 e. The van der Waals surface area contributed by atoms with Crippen molar-refractivity contribution in [1.82, 2.24) is 4.72 Å². The molecule has 1 saturated heterocycles. The fraction of sp³-hybridized carbons (Fsp3) is 0.400. The smallest absolute Gasteiger partial charge is 0.240 e. The van der Waals surface area contributed by atoms with E-state index in [2.05, 4.69) is 4.72 Å². The van der Waals surface area contributed by atoms with Crippen molar-refractivity contribution in [3.63, 3.8) is 0 Å². The normalized spacial score (nSPS) is 20.9. The van der Waals surface area contributed by atoms with Gasteiger partial charge in [0, 0.05) is 24.7 Å². The number of benzene rings is 2. The van der Waals surface area contributed by atoms with E-state index in [1.54, 1.807) is 18.2 Å². The zero-order valence-corrected chi connectivity index (χ0v) is 17.4. The molecular weight excluding hydrogens is 398 g/mol. The average molecular weight is 422 g/mol. The fourth-order valence-electron chi connectivity index (χ4n) is 3.99. The zero-order chi connectivity index (χ0) is 20.2. The molecule has 1 N–H and O–H groups in total. The number of hydrogen-bond donors (Lipinski definition) is 1. The lowest BCUT2D eigenvalue weighted by molar-refractivity contribution is 0.0832. The van der Waals surface area contributed by atoms with E-state index in [1.807, 2.05) is 26.0 Å². The number of rotatable bonds is 3. The van der Waals surface area contributed by atoms with Crippen LogP contribution in [-0.2, 0) is 30.0 Å². The van der Waals surface area contributed by atoms with Crippen LogP contribution in [0.2, 0.25) is 0 Å². The Bertz CT molecular complexity index is 1130. The van der Waals surface area contributed by atoms with Gasteiger partial charge in [-0.3, -0.25) is 0 Å². The standard InChI is InChI=1S/C20H23NO5S2/c1-20(2)16-5-3-4-6-18(16)27(22,23)19-13-15(7-8-17(19)20)28(24,25)21-14-9-11-26-12-10-14/h3-8,13-14,21H,9-12H2,1-2H3. The maximum atomic E-state index is 13.2. The summed E-state index contributed by atoms with van der Waals surface area (Å²) in [4.78, 5) is 0.266. The summed E-state index contributed by atoms with van der Waals surface area (Å²) in [5, 5.41) is 0. The summed E-state index contributed by atoms with van der Waals surface area (Å²) in [5.74, 6) is 0. The first-order valence-corrected chi connectivity index (χ1v) is 12.2. The van der Waals surface area contributed by atoms with Gasteiger partial charge in [-0.25, -0.2) is 21.6 Å². The van der Waals surface area contributed by atoms with Gasteiger partial charge >= 0.3 is 0 Å². The highest BCUT2D eigenvalue weighted by atomic mass is 32.2. The van der Waals surface area contributed by atoms with Gasteiger partial charge in [0.25, 0.3) is 0 Å². The highest BCUT2D eigenvalue weighted by Crippen LogP contribution is 2.45. The molecule has 0 bridgehead atoms. The lowest BCUT2D eigenvalue weighted by Crippen LogP contribution is -2.39. The Morgan fingerprint density at radius 3 is 2.36 bits per heavy atom. The third kappa shape index (κ3) is 3.08. The highest BCUT2D eigenvalue weighted by molar-refractivity contribution is 7.92. The molecule has 4 rings (SSSR count). The lowest BCUT2D eigenvalue weighted by Gasteiger charge is -2.34. The van der Waals surface area contributed by atoms with Gasteiger partial charge in [-0.15, -0.1) is 0 Å².